The molecule has 1 saturated carbocycles. The summed E-state index contributed by atoms with van der Waals surface area (Å²) in [5.74, 6) is 0. The molecule has 106 valence electrons. The Morgan fingerprint density at radius 3 is 2.39 bits per heavy atom. The molecule has 1 heterocycles. The lowest BCUT2D eigenvalue weighted by Gasteiger charge is -2.34. The van der Waals surface area contributed by atoms with E-state index in [9.17, 15) is 8.42 Å². The van der Waals surface area contributed by atoms with Crippen molar-refractivity contribution in [2.45, 2.75) is 57.1 Å². The molecule has 0 aromatic heterocycles. The lowest BCUT2D eigenvalue weighted by molar-refractivity contribution is 0.232. The molecule has 0 aromatic rings. The first-order chi connectivity index (χ1) is 8.52. The number of nitrogens with one attached hydrogen (secondary N) is 2. The summed E-state index contributed by atoms with van der Waals surface area (Å²) in [5.41, 5.74) is 0.132. The monoisotopic (exact) mass is 274 g/mol. The zero-order valence-corrected chi connectivity index (χ0v) is 12.2. The van der Waals surface area contributed by atoms with Crippen LogP contribution in [0.3, 0.4) is 0 Å². The van der Waals surface area contributed by atoms with Gasteiger partial charge in [0, 0.05) is 6.54 Å². The second-order valence-corrected chi connectivity index (χ2v) is 8.23. The molecule has 4 nitrogen and oxygen atoms in total. The summed E-state index contributed by atoms with van der Waals surface area (Å²) in [4.78, 5) is 0. The van der Waals surface area contributed by atoms with Crippen molar-refractivity contribution in [2.24, 2.45) is 5.41 Å². The Balaban J connectivity index is 1.87. The first-order valence-corrected chi connectivity index (χ1v) is 8.76. The van der Waals surface area contributed by atoms with Crippen LogP contribution in [0.4, 0.5) is 0 Å². The summed E-state index contributed by atoms with van der Waals surface area (Å²) in [7, 11) is -3.09. The summed E-state index contributed by atoms with van der Waals surface area (Å²) in [6, 6.07) is 0. The first kappa shape index (κ1) is 14.3. The van der Waals surface area contributed by atoms with Crippen molar-refractivity contribution in [1.29, 1.82) is 0 Å². The van der Waals surface area contributed by atoms with Crippen LogP contribution in [0.2, 0.25) is 0 Å². The Kier molecular flexibility index (Phi) is 4.67. The van der Waals surface area contributed by atoms with E-state index in [2.05, 4.69) is 17.0 Å². The highest BCUT2D eigenvalue weighted by molar-refractivity contribution is 7.90. The summed E-state index contributed by atoms with van der Waals surface area (Å²) < 4.78 is 27.4. The van der Waals surface area contributed by atoms with Gasteiger partial charge in [0.2, 0.25) is 10.0 Å². The molecular weight excluding hydrogens is 248 g/mol. The van der Waals surface area contributed by atoms with Crippen molar-refractivity contribution >= 4 is 10.0 Å². The predicted octanol–water partition coefficient (Wildman–Crippen LogP) is 1.63. The van der Waals surface area contributed by atoms with E-state index in [1.54, 1.807) is 0 Å². The number of sulfonamides is 1. The molecule has 1 aliphatic carbocycles. The van der Waals surface area contributed by atoms with E-state index in [1.807, 2.05) is 0 Å². The Morgan fingerprint density at radius 2 is 1.78 bits per heavy atom. The van der Waals surface area contributed by atoms with Crippen molar-refractivity contribution in [2.75, 3.05) is 19.6 Å². The largest absolute Gasteiger partial charge is 0.317 e. The van der Waals surface area contributed by atoms with Crippen LogP contribution < -0.4 is 10.0 Å². The fraction of sp³-hybridized carbons (Fsp3) is 1.00. The molecule has 2 rings (SSSR count). The fourth-order valence-electron chi connectivity index (χ4n) is 2.98. The van der Waals surface area contributed by atoms with E-state index in [1.165, 1.54) is 6.42 Å². The third-order valence-electron chi connectivity index (χ3n) is 4.50. The normalized spacial score (nSPS) is 26.1. The van der Waals surface area contributed by atoms with Gasteiger partial charge in [0.15, 0.2) is 0 Å². The van der Waals surface area contributed by atoms with Gasteiger partial charge in [-0.05, 0) is 44.2 Å². The molecule has 0 radical (unpaired) electrons. The number of piperidine rings is 1. The molecule has 0 amide bonds. The third-order valence-corrected chi connectivity index (χ3v) is 6.40. The van der Waals surface area contributed by atoms with Gasteiger partial charge >= 0.3 is 0 Å². The molecular formula is C13H26N2O2S. The van der Waals surface area contributed by atoms with E-state index in [-0.39, 0.29) is 10.7 Å². The third kappa shape index (κ3) is 3.68. The average molecular weight is 274 g/mol. The summed E-state index contributed by atoms with van der Waals surface area (Å²) in [6.07, 6.45) is 7.11. The number of hydrogen-bond donors (Lipinski definition) is 2. The SMILES string of the molecule is CC1(CNS(=O)(=O)C2CCCCC2)CCNCC1. The van der Waals surface area contributed by atoms with Gasteiger partial charge < -0.3 is 5.32 Å². The Labute approximate surface area is 111 Å². The molecule has 0 bridgehead atoms. The Hall–Kier alpha value is -0.130. The second-order valence-electron chi connectivity index (χ2n) is 6.19. The molecule has 0 spiro atoms. The maximum atomic E-state index is 12.2. The fourth-order valence-corrected chi connectivity index (χ4v) is 4.71. The lowest BCUT2D eigenvalue weighted by atomic mass is 9.81. The summed E-state index contributed by atoms with van der Waals surface area (Å²) in [6.45, 7) is 4.80. The van der Waals surface area contributed by atoms with Crippen molar-refractivity contribution in [3.63, 3.8) is 0 Å². The minimum absolute atomic E-state index is 0.132. The molecule has 0 atom stereocenters. The van der Waals surface area contributed by atoms with Gasteiger partial charge in [-0.25, -0.2) is 13.1 Å². The van der Waals surface area contributed by atoms with E-state index in [0.717, 1.165) is 51.6 Å². The van der Waals surface area contributed by atoms with Gasteiger partial charge in [-0.2, -0.15) is 0 Å². The van der Waals surface area contributed by atoms with Gasteiger partial charge in [-0.15, -0.1) is 0 Å². The van der Waals surface area contributed by atoms with E-state index >= 15 is 0 Å². The van der Waals surface area contributed by atoms with Gasteiger partial charge in [0.25, 0.3) is 0 Å². The highest BCUT2D eigenvalue weighted by Crippen LogP contribution is 2.28. The minimum atomic E-state index is -3.09. The van der Waals surface area contributed by atoms with Crippen LogP contribution in [0.1, 0.15) is 51.9 Å². The summed E-state index contributed by atoms with van der Waals surface area (Å²) >= 11 is 0. The van der Waals surface area contributed by atoms with Crippen LogP contribution in [0.5, 0.6) is 0 Å². The van der Waals surface area contributed by atoms with Crippen molar-refractivity contribution in [1.82, 2.24) is 10.0 Å². The van der Waals surface area contributed by atoms with Gasteiger partial charge in [-0.3, -0.25) is 0 Å². The second kappa shape index (κ2) is 5.88. The van der Waals surface area contributed by atoms with E-state index in [0.29, 0.717) is 6.54 Å². The van der Waals surface area contributed by atoms with Crippen LogP contribution in [0.25, 0.3) is 0 Å². The highest BCUT2D eigenvalue weighted by atomic mass is 32.2. The van der Waals surface area contributed by atoms with Crippen LogP contribution in [-0.2, 0) is 10.0 Å². The Bertz CT molecular complexity index is 355. The van der Waals surface area contributed by atoms with E-state index < -0.39 is 10.0 Å². The molecule has 5 heteroatoms. The van der Waals surface area contributed by atoms with Gasteiger partial charge in [0.1, 0.15) is 0 Å². The number of rotatable bonds is 4. The maximum absolute atomic E-state index is 12.2. The van der Waals surface area contributed by atoms with Gasteiger partial charge in [0.05, 0.1) is 5.25 Å². The topological polar surface area (TPSA) is 58.2 Å². The molecule has 2 fully saturated rings. The smallest absolute Gasteiger partial charge is 0.214 e. The molecule has 18 heavy (non-hydrogen) atoms. The van der Waals surface area contributed by atoms with Crippen LogP contribution in [0.15, 0.2) is 0 Å². The standard InChI is InChI=1S/C13H26N2O2S/c1-13(7-9-14-10-8-13)11-15-18(16,17)12-5-3-2-4-6-12/h12,14-15H,2-11H2,1H3. The summed E-state index contributed by atoms with van der Waals surface area (Å²) in [5, 5.41) is 3.18. The zero-order valence-electron chi connectivity index (χ0n) is 11.4. The molecule has 2 N–H and O–H groups in total. The quantitative estimate of drug-likeness (QED) is 0.819. The molecule has 2 aliphatic rings. The molecule has 1 aliphatic heterocycles. The van der Waals surface area contributed by atoms with Crippen LogP contribution in [0, 0.1) is 5.41 Å². The molecule has 0 unspecified atom stereocenters. The first-order valence-electron chi connectivity index (χ1n) is 7.21. The number of hydrogen-bond acceptors (Lipinski definition) is 3. The molecule has 0 aromatic carbocycles. The molecule has 1 saturated heterocycles. The maximum Gasteiger partial charge on any atom is 0.214 e. The highest BCUT2D eigenvalue weighted by Gasteiger charge is 2.31. The van der Waals surface area contributed by atoms with Crippen molar-refractivity contribution in [3.8, 4) is 0 Å². The van der Waals surface area contributed by atoms with Crippen molar-refractivity contribution in [3.05, 3.63) is 0 Å². The zero-order chi connectivity index (χ0) is 13.1. The van der Waals surface area contributed by atoms with E-state index in [4.69, 9.17) is 0 Å². The van der Waals surface area contributed by atoms with Crippen molar-refractivity contribution < 1.29 is 8.42 Å². The predicted molar refractivity (Wildman–Crippen MR) is 74.0 cm³/mol. The Morgan fingerprint density at radius 1 is 1.17 bits per heavy atom. The van der Waals surface area contributed by atoms with Gasteiger partial charge in [-0.1, -0.05) is 26.2 Å². The lowest BCUT2D eigenvalue weighted by Crippen LogP contribution is -2.45. The minimum Gasteiger partial charge on any atom is -0.317 e. The van der Waals surface area contributed by atoms with Crippen LogP contribution in [-0.4, -0.2) is 33.3 Å². The van der Waals surface area contributed by atoms with Crippen LogP contribution >= 0.6 is 0 Å². The average Bonchev–Trinajstić information content (AvgIpc) is 2.39.